The fourth-order valence-electron chi connectivity index (χ4n) is 7.50. The molecule has 4 aliphatic rings. The number of hydrogen-bond acceptors (Lipinski definition) is 3. The van der Waals surface area contributed by atoms with Crippen molar-refractivity contribution in [1.29, 1.82) is 0 Å². The van der Waals surface area contributed by atoms with Crippen molar-refractivity contribution in [2.75, 3.05) is 0 Å². The number of fused-ring (bicyclic) bond motifs is 5. The van der Waals surface area contributed by atoms with Crippen molar-refractivity contribution in [3.63, 3.8) is 0 Å². The van der Waals surface area contributed by atoms with Gasteiger partial charge in [-0.1, -0.05) is 37.6 Å². The Morgan fingerprint density at radius 2 is 1.93 bits per heavy atom. The molecule has 1 heterocycles. The zero-order valence-electron chi connectivity index (χ0n) is 18.0. The highest BCUT2D eigenvalue weighted by molar-refractivity contribution is 5.72. The summed E-state index contributed by atoms with van der Waals surface area (Å²) in [7, 11) is 0. The van der Waals surface area contributed by atoms with Crippen molar-refractivity contribution in [3.8, 4) is 0 Å². The molecular formula is C26H33NO2. The number of hydrogen-bond donors (Lipinski definition) is 0. The molecule has 4 aliphatic carbocycles. The van der Waals surface area contributed by atoms with Gasteiger partial charge in [0.15, 0.2) is 0 Å². The average molecular weight is 392 g/mol. The number of pyridine rings is 1. The van der Waals surface area contributed by atoms with Gasteiger partial charge in [0.1, 0.15) is 6.10 Å². The summed E-state index contributed by atoms with van der Waals surface area (Å²) < 4.78 is 5.58. The van der Waals surface area contributed by atoms with Gasteiger partial charge in [-0.25, -0.2) is 0 Å². The van der Waals surface area contributed by atoms with Crippen LogP contribution in [0.1, 0.15) is 71.3 Å². The molecule has 154 valence electrons. The van der Waals surface area contributed by atoms with Gasteiger partial charge < -0.3 is 4.74 Å². The van der Waals surface area contributed by atoms with E-state index in [1.165, 1.54) is 43.7 Å². The van der Waals surface area contributed by atoms with Crippen LogP contribution in [-0.4, -0.2) is 17.1 Å². The maximum Gasteiger partial charge on any atom is 0.302 e. The average Bonchev–Trinajstić information content (AvgIpc) is 3.06. The predicted molar refractivity (Wildman–Crippen MR) is 115 cm³/mol. The second-order valence-electron chi connectivity index (χ2n) is 10.3. The molecule has 2 saturated carbocycles. The molecule has 0 spiro atoms. The molecule has 3 heteroatoms. The van der Waals surface area contributed by atoms with Gasteiger partial charge in [0.2, 0.25) is 0 Å². The van der Waals surface area contributed by atoms with Gasteiger partial charge >= 0.3 is 5.97 Å². The molecule has 0 N–H and O–H groups in total. The first-order valence-electron chi connectivity index (χ1n) is 11.4. The van der Waals surface area contributed by atoms with Crippen LogP contribution in [0.15, 0.2) is 42.3 Å². The smallest absolute Gasteiger partial charge is 0.302 e. The quantitative estimate of drug-likeness (QED) is 0.460. The van der Waals surface area contributed by atoms with Crippen molar-refractivity contribution < 1.29 is 9.53 Å². The highest BCUT2D eigenvalue weighted by atomic mass is 16.5. The monoisotopic (exact) mass is 391 g/mol. The lowest BCUT2D eigenvalue weighted by molar-refractivity contribution is -0.148. The fraction of sp³-hybridized carbons (Fsp3) is 0.615. The summed E-state index contributed by atoms with van der Waals surface area (Å²) in [5.74, 6) is 2.12. The van der Waals surface area contributed by atoms with Crippen LogP contribution in [0.5, 0.6) is 0 Å². The first-order valence-corrected chi connectivity index (χ1v) is 11.4. The van der Waals surface area contributed by atoms with Crippen LogP contribution >= 0.6 is 0 Å². The maximum atomic E-state index is 11.4. The molecule has 0 saturated heterocycles. The Morgan fingerprint density at radius 3 is 2.69 bits per heavy atom. The molecule has 6 atom stereocenters. The molecule has 5 rings (SSSR count). The number of nitrogens with zero attached hydrogens (tertiary/aromatic N) is 1. The summed E-state index contributed by atoms with van der Waals surface area (Å²) >= 11 is 0. The van der Waals surface area contributed by atoms with E-state index < -0.39 is 0 Å². The summed E-state index contributed by atoms with van der Waals surface area (Å²) in [5, 5.41) is 0. The van der Waals surface area contributed by atoms with E-state index in [0.717, 1.165) is 37.0 Å². The van der Waals surface area contributed by atoms with Crippen LogP contribution in [0.4, 0.5) is 0 Å². The van der Waals surface area contributed by atoms with E-state index in [0.29, 0.717) is 0 Å². The van der Waals surface area contributed by atoms with E-state index in [1.54, 1.807) is 5.57 Å². The Hall–Kier alpha value is -1.90. The zero-order chi connectivity index (χ0) is 20.2. The van der Waals surface area contributed by atoms with Gasteiger partial charge in [0, 0.05) is 25.7 Å². The van der Waals surface area contributed by atoms with E-state index >= 15 is 0 Å². The first-order chi connectivity index (χ1) is 13.9. The molecule has 1 aromatic rings. The molecule has 3 nitrogen and oxygen atoms in total. The molecule has 29 heavy (non-hydrogen) atoms. The van der Waals surface area contributed by atoms with Gasteiger partial charge in [-0.3, -0.25) is 9.78 Å². The van der Waals surface area contributed by atoms with Gasteiger partial charge in [-0.05, 0) is 84.3 Å². The van der Waals surface area contributed by atoms with Crippen LogP contribution in [0.25, 0.3) is 5.57 Å². The molecule has 0 radical (unpaired) electrons. The number of carbonyl (C=O) groups is 1. The minimum atomic E-state index is -0.138. The van der Waals surface area contributed by atoms with Gasteiger partial charge in [-0.15, -0.1) is 0 Å². The second-order valence-corrected chi connectivity index (χ2v) is 10.3. The molecule has 0 aromatic carbocycles. The van der Waals surface area contributed by atoms with Crippen molar-refractivity contribution in [2.45, 2.75) is 71.8 Å². The fourth-order valence-corrected chi connectivity index (χ4v) is 7.50. The highest BCUT2D eigenvalue weighted by Crippen LogP contribution is 2.66. The first kappa shape index (κ1) is 19.1. The summed E-state index contributed by atoms with van der Waals surface area (Å²) in [6.07, 6.45) is 17.1. The third-order valence-corrected chi connectivity index (χ3v) is 8.94. The van der Waals surface area contributed by atoms with E-state index in [4.69, 9.17) is 4.74 Å². The number of carbonyl (C=O) groups excluding carboxylic acids is 1. The Labute approximate surface area is 174 Å². The lowest BCUT2D eigenvalue weighted by atomic mass is 9.47. The van der Waals surface area contributed by atoms with E-state index in [1.807, 2.05) is 12.4 Å². The number of esters is 1. The molecule has 0 aliphatic heterocycles. The number of rotatable bonds is 2. The summed E-state index contributed by atoms with van der Waals surface area (Å²) in [6.45, 7) is 6.56. The molecule has 2 fully saturated rings. The Bertz CT molecular complexity index is 872. The Balaban J connectivity index is 1.41. The molecule has 0 bridgehead atoms. The van der Waals surface area contributed by atoms with Crippen molar-refractivity contribution >= 4 is 11.5 Å². The normalized spacial score (nSPS) is 40.8. The Morgan fingerprint density at radius 1 is 1.10 bits per heavy atom. The van der Waals surface area contributed by atoms with Gasteiger partial charge in [-0.2, -0.15) is 0 Å². The van der Waals surface area contributed by atoms with Crippen LogP contribution in [0.3, 0.4) is 0 Å². The Kier molecular flexibility index (Phi) is 4.49. The standard InChI is InChI=1S/C26H33NO2/c1-17(28)29-20-10-12-25(2)19(15-20)6-7-21-23-9-8-22(18-5-4-14-27-16-18)26(23,3)13-11-24(21)25/h4-6,8,14,16,20-21,23-24H,7,9-13,15H2,1-3H3/t20-,21-,23-,24-,25-,26+/m1/s1. The SMILES string of the molecule is CC(=O)O[C@@H]1CC[C@]2(C)C(=CC[C@@H]3[C@H]4CC=C(c5cccnc5)[C@]4(C)CC[C@H]32)C1. The van der Waals surface area contributed by atoms with E-state index in [-0.39, 0.29) is 22.9 Å². The minimum absolute atomic E-state index is 0.0857. The van der Waals surface area contributed by atoms with Crippen LogP contribution in [0.2, 0.25) is 0 Å². The third-order valence-electron chi connectivity index (χ3n) is 8.94. The lowest BCUT2D eigenvalue weighted by Crippen LogP contribution is -2.50. The summed E-state index contributed by atoms with van der Waals surface area (Å²) in [6, 6.07) is 4.30. The van der Waals surface area contributed by atoms with E-state index in [2.05, 4.69) is 43.1 Å². The van der Waals surface area contributed by atoms with Gasteiger partial charge in [0.05, 0.1) is 0 Å². The number of aromatic nitrogens is 1. The van der Waals surface area contributed by atoms with Crippen molar-refractivity contribution in [3.05, 3.63) is 47.8 Å². The van der Waals surface area contributed by atoms with Crippen LogP contribution in [0, 0.1) is 28.6 Å². The highest BCUT2D eigenvalue weighted by Gasteiger charge is 2.56. The van der Waals surface area contributed by atoms with Crippen LogP contribution < -0.4 is 0 Å². The second kappa shape index (κ2) is 6.82. The van der Waals surface area contributed by atoms with E-state index in [9.17, 15) is 4.79 Å². The lowest BCUT2D eigenvalue weighted by Gasteiger charge is -2.57. The van der Waals surface area contributed by atoms with Crippen molar-refractivity contribution in [1.82, 2.24) is 4.98 Å². The molecule has 0 unspecified atom stereocenters. The largest absolute Gasteiger partial charge is 0.462 e. The summed E-state index contributed by atoms with van der Waals surface area (Å²) in [5.41, 5.74) is 4.99. The molecular weight excluding hydrogens is 358 g/mol. The molecule has 1 aromatic heterocycles. The van der Waals surface area contributed by atoms with Gasteiger partial charge in [0.25, 0.3) is 0 Å². The zero-order valence-corrected chi connectivity index (χ0v) is 18.0. The summed E-state index contributed by atoms with van der Waals surface area (Å²) in [4.78, 5) is 15.8. The topological polar surface area (TPSA) is 39.2 Å². The number of allylic oxidation sites excluding steroid dienone is 3. The number of ether oxygens (including phenoxy) is 1. The minimum Gasteiger partial charge on any atom is -0.462 e. The third kappa shape index (κ3) is 2.92. The van der Waals surface area contributed by atoms with Crippen LogP contribution in [-0.2, 0) is 9.53 Å². The predicted octanol–water partition coefficient (Wildman–Crippen LogP) is 5.97. The molecule has 0 amide bonds. The maximum absolute atomic E-state index is 11.4. The van der Waals surface area contributed by atoms with Crippen molar-refractivity contribution in [2.24, 2.45) is 28.6 Å².